The van der Waals surface area contributed by atoms with Crippen molar-refractivity contribution in [1.29, 1.82) is 0 Å². The van der Waals surface area contributed by atoms with Crippen molar-refractivity contribution >= 4 is 28.8 Å². The lowest BCUT2D eigenvalue weighted by molar-refractivity contribution is -0.384. The molecule has 1 aliphatic rings. The van der Waals surface area contributed by atoms with Crippen LogP contribution in [-0.2, 0) is 9.59 Å². The van der Waals surface area contributed by atoms with Crippen LogP contribution in [0.4, 0.5) is 20.2 Å². The first kappa shape index (κ1) is 21.8. The molecule has 4 rings (SSSR count). The number of non-ortho nitro benzene ring substituents is 1. The van der Waals surface area contributed by atoms with Crippen LogP contribution < -0.4 is 4.90 Å². The second-order valence-electron chi connectivity index (χ2n) is 7.49. The number of nitrogens with zero attached hydrogens (tertiary/aromatic N) is 2. The van der Waals surface area contributed by atoms with E-state index in [1.165, 1.54) is 18.2 Å². The quantitative estimate of drug-likeness (QED) is 0.202. The second kappa shape index (κ2) is 8.27. The van der Waals surface area contributed by atoms with Crippen molar-refractivity contribution in [2.75, 3.05) is 4.90 Å². The number of benzene rings is 3. The number of halogens is 2. The number of hydrogen-bond donors (Lipinski definition) is 1. The fourth-order valence-corrected chi connectivity index (χ4v) is 3.84. The molecule has 166 valence electrons. The van der Waals surface area contributed by atoms with Gasteiger partial charge in [0.2, 0.25) is 0 Å². The molecule has 1 unspecified atom stereocenters. The number of aliphatic hydroxyl groups excluding tert-OH is 1. The average Bonchev–Trinajstić information content (AvgIpc) is 3.04. The number of Topliss-reactive ketones (excluding diaryl/α,β-unsaturated/α-hetero) is 1. The predicted octanol–water partition coefficient (Wildman–Crippen LogP) is 4.81. The van der Waals surface area contributed by atoms with E-state index in [9.17, 15) is 33.6 Å². The van der Waals surface area contributed by atoms with E-state index >= 15 is 0 Å². The van der Waals surface area contributed by atoms with Crippen LogP contribution in [0.25, 0.3) is 5.76 Å². The molecule has 1 heterocycles. The van der Waals surface area contributed by atoms with E-state index in [1.807, 2.05) is 0 Å². The molecule has 1 atom stereocenters. The summed E-state index contributed by atoms with van der Waals surface area (Å²) in [5.41, 5.74) is 0.0697. The molecule has 1 N–H and O–H groups in total. The number of carbonyl (C=O) groups is 2. The summed E-state index contributed by atoms with van der Waals surface area (Å²) in [5.74, 6) is -4.80. The molecule has 1 saturated heterocycles. The summed E-state index contributed by atoms with van der Waals surface area (Å²) >= 11 is 0. The molecule has 0 saturated carbocycles. The molecule has 1 aliphatic heterocycles. The molecule has 0 radical (unpaired) electrons. The van der Waals surface area contributed by atoms with E-state index in [0.717, 1.165) is 28.7 Å². The van der Waals surface area contributed by atoms with Crippen LogP contribution in [0.1, 0.15) is 22.7 Å². The van der Waals surface area contributed by atoms with Crippen LogP contribution in [0, 0.1) is 28.7 Å². The molecule has 0 aliphatic carbocycles. The Morgan fingerprint density at radius 2 is 1.76 bits per heavy atom. The highest BCUT2D eigenvalue weighted by Gasteiger charge is 2.47. The van der Waals surface area contributed by atoms with Crippen molar-refractivity contribution in [2.45, 2.75) is 13.0 Å². The maximum absolute atomic E-state index is 14.7. The number of nitro groups is 1. The Morgan fingerprint density at radius 1 is 1.03 bits per heavy atom. The molecule has 3 aromatic carbocycles. The first-order chi connectivity index (χ1) is 15.7. The van der Waals surface area contributed by atoms with Crippen LogP contribution in [0.5, 0.6) is 0 Å². The Balaban J connectivity index is 1.98. The fourth-order valence-electron chi connectivity index (χ4n) is 3.84. The van der Waals surface area contributed by atoms with Gasteiger partial charge in [0, 0.05) is 23.8 Å². The normalized spacial score (nSPS) is 17.4. The minimum absolute atomic E-state index is 0.0561. The van der Waals surface area contributed by atoms with E-state index in [1.54, 1.807) is 31.2 Å². The zero-order valence-electron chi connectivity index (χ0n) is 17.2. The van der Waals surface area contributed by atoms with Crippen molar-refractivity contribution in [1.82, 2.24) is 0 Å². The van der Waals surface area contributed by atoms with Crippen LogP contribution in [0.2, 0.25) is 0 Å². The van der Waals surface area contributed by atoms with Gasteiger partial charge in [-0.05, 0) is 24.6 Å². The van der Waals surface area contributed by atoms with Gasteiger partial charge in [-0.3, -0.25) is 24.6 Å². The number of ketones is 1. The minimum atomic E-state index is -1.25. The van der Waals surface area contributed by atoms with Gasteiger partial charge in [-0.25, -0.2) is 8.78 Å². The molecule has 1 amide bonds. The van der Waals surface area contributed by atoms with Crippen LogP contribution in [0.3, 0.4) is 0 Å². The Bertz CT molecular complexity index is 1350. The summed E-state index contributed by atoms with van der Waals surface area (Å²) in [6.45, 7) is 1.77. The number of aliphatic hydroxyl groups is 1. The number of amides is 1. The summed E-state index contributed by atoms with van der Waals surface area (Å²) in [6.07, 6.45) is 0. The van der Waals surface area contributed by atoms with Gasteiger partial charge < -0.3 is 5.11 Å². The van der Waals surface area contributed by atoms with E-state index in [4.69, 9.17) is 0 Å². The van der Waals surface area contributed by atoms with Crippen LogP contribution >= 0.6 is 0 Å². The molecule has 0 bridgehead atoms. The lowest BCUT2D eigenvalue weighted by Crippen LogP contribution is -2.30. The van der Waals surface area contributed by atoms with Gasteiger partial charge >= 0.3 is 0 Å². The Hall–Kier alpha value is -4.40. The third kappa shape index (κ3) is 3.84. The van der Waals surface area contributed by atoms with E-state index < -0.39 is 40.0 Å². The van der Waals surface area contributed by atoms with E-state index in [0.29, 0.717) is 11.6 Å². The predicted molar refractivity (Wildman–Crippen MR) is 115 cm³/mol. The smallest absolute Gasteiger partial charge is 0.300 e. The Labute approximate surface area is 186 Å². The zero-order valence-corrected chi connectivity index (χ0v) is 17.2. The van der Waals surface area contributed by atoms with Crippen LogP contribution in [0.15, 0.2) is 72.3 Å². The summed E-state index contributed by atoms with van der Waals surface area (Å²) in [7, 11) is 0. The van der Waals surface area contributed by atoms with E-state index in [2.05, 4.69) is 0 Å². The molecular formula is C24H16F2N2O5. The van der Waals surface area contributed by atoms with E-state index in [-0.39, 0.29) is 22.5 Å². The minimum Gasteiger partial charge on any atom is -0.507 e. The third-order valence-corrected chi connectivity index (χ3v) is 5.30. The van der Waals surface area contributed by atoms with Gasteiger partial charge in [0.1, 0.15) is 17.4 Å². The van der Waals surface area contributed by atoms with Crippen molar-refractivity contribution in [2.24, 2.45) is 0 Å². The number of carbonyl (C=O) groups excluding carboxylic acids is 2. The number of nitro benzene ring substituents is 1. The van der Waals surface area contributed by atoms with Gasteiger partial charge in [-0.1, -0.05) is 42.0 Å². The highest BCUT2D eigenvalue weighted by molar-refractivity contribution is 6.51. The van der Waals surface area contributed by atoms with Crippen molar-refractivity contribution in [3.8, 4) is 0 Å². The first-order valence-corrected chi connectivity index (χ1v) is 9.76. The van der Waals surface area contributed by atoms with Gasteiger partial charge in [0.15, 0.2) is 0 Å². The maximum Gasteiger partial charge on any atom is 0.300 e. The molecule has 3 aromatic rings. The monoisotopic (exact) mass is 450 g/mol. The molecule has 33 heavy (non-hydrogen) atoms. The largest absolute Gasteiger partial charge is 0.507 e. The summed E-state index contributed by atoms with van der Waals surface area (Å²) < 4.78 is 28.2. The average molecular weight is 450 g/mol. The SMILES string of the molecule is Cc1cccc(C2/C(=C(\O)c3cccc([N+](=O)[O-])c3)C(=O)C(=O)N2c2ccc(F)cc2F)c1. The zero-order chi connectivity index (χ0) is 23.9. The van der Waals surface area contributed by atoms with Gasteiger partial charge in [0.25, 0.3) is 17.4 Å². The highest BCUT2D eigenvalue weighted by Crippen LogP contribution is 2.43. The number of aryl methyl sites for hydroxylation is 1. The Morgan fingerprint density at radius 3 is 2.42 bits per heavy atom. The second-order valence-corrected chi connectivity index (χ2v) is 7.49. The molecular weight excluding hydrogens is 434 g/mol. The van der Waals surface area contributed by atoms with Gasteiger partial charge in [-0.2, -0.15) is 0 Å². The van der Waals surface area contributed by atoms with Gasteiger partial charge in [-0.15, -0.1) is 0 Å². The first-order valence-electron chi connectivity index (χ1n) is 9.76. The number of anilines is 1. The number of rotatable bonds is 4. The molecule has 0 aromatic heterocycles. The highest BCUT2D eigenvalue weighted by atomic mass is 19.1. The number of hydrogen-bond acceptors (Lipinski definition) is 5. The molecule has 1 fully saturated rings. The van der Waals surface area contributed by atoms with Crippen molar-refractivity contribution < 1.29 is 28.4 Å². The summed E-state index contributed by atoms with van der Waals surface area (Å²) in [4.78, 5) is 37.4. The maximum atomic E-state index is 14.7. The standard InChI is InChI=1S/C24H16F2N2O5/c1-13-4-2-5-14(10-13)21-20(22(29)15-6-3-7-17(11-15)28(32)33)23(30)24(31)27(21)19-9-8-16(25)12-18(19)26/h2-12,21,29H,1H3/b22-20+. The van der Waals surface area contributed by atoms with Crippen molar-refractivity contribution in [3.05, 3.63) is 111 Å². The lowest BCUT2D eigenvalue weighted by atomic mass is 9.94. The molecule has 7 nitrogen and oxygen atoms in total. The molecule has 9 heteroatoms. The lowest BCUT2D eigenvalue weighted by Gasteiger charge is -2.26. The van der Waals surface area contributed by atoms with Crippen molar-refractivity contribution in [3.63, 3.8) is 0 Å². The summed E-state index contributed by atoms with van der Waals surface area (Å²) in [5, 5.41) is 22.1. The topological polar surface area (TPSA) is 101 Å². The third-order valence-electron chi connectivity index (χ3n) is 5.30. The Kier molecular flexibility index (Phi) is 5.47. The van der Waals surface area contributed by atoms with Crippen LogP contribution in [-0.4, -0.2) is 21.7 Å². The van der Waals surface area contributed by atoms with Gasteiger partial charge in [0.05, 0.1) is 22.2 Å². The molecule has 0 spiro atoms. The fraction of sp³-hybridized carbons (Fsp3) is 0.0833. The summed E-state index contributed by atoms with van der Waals surface area (Å²) in [6, 6.07) is 13.0.